The van der Waals surface area contributed by atoms with Crippen LogP contribution in [0.3, 0.4) is 0 Å². The first-order chi connectivity index (χ1) is 12.2. The quantitative estimate of drug-likeness (QED) is 0.843. The first kappa shape index (κ1) is 14.7. The lowest BCUT2D eigenvalue weighted by Gasteiger charge is -2.38. The number of hydrogen-bond donors (Lipinski definition) is 0. The molecule has 2 aromatic heterocycles. The van der Waals surface area contributed by atoms with Crippen molar-refractivity contribution in [1.29, 1.82) is 0 Å². The van der Waals surface area contributed by atoms with Gasteiger partial charge in [-0.15, -0.1) is 0 Å². The van der Waals surface area contributed by atoms with Crippen molar-refractivity contribution in [3.63, 3.8) is 0 Å². The lowest BCUT2D eigenvalue weighted by molar-refractivity contribution is -0.117. The fourth-order valence-electron chi connectivity index (χ4n) is 3.49. The minimum absolute atomic E-state index is 0.0889. The Morgan fingerprint density at radius 3 is 2.84 bits per heavy atom. The number of anilines is 1. The molecule has 8 nitrogen and oxygen atoms in total. The van der Waals surface area contributed by atoms with Gasteiger partial charge in [-0.1, -0.05) is 5.16 Å². The van der Waals surface area contributed by atoms with Gasteiger partial charge in [0.1, 0.15) is 5.76 Å². The van der Waals surface area contributed by atoms with Gasteiger partial charge in [-0.2, -0.15) is 5.10 Å². The summed E-state index contributed by atoms with van der Waals surface area (Å²) in [6.45, 7) is 1.95. The van der Waals surface area contributed by atoms with Crippen molar-refractivity contribution in [2.24, 2.45) is 0 Å². The van der Waals surface area contributed by atoms with Gasteiger partial charge in [-0.3, -0.25) is 14.3 Å². The molecule has 0 atom stereocenters. The van der Waals surface area contributed by atoms with Crippen LogP contribution >= 0.6 is 0 Å². The molecule has 0 N–H and O–H groups in total. The number of nitrogens with zero attached hydrogens (tertiary/aromatic N) is 5. The normalized spacial score (nSPS) is 21.0. The SMILES string of the molecule is O=C(c1cc(C2CC2)on1)N1CC(n2cc(N3CCCC3=O)cn2)C1. The summed E-state index contributed by atoms with van der Waals surface area (Å²) >= 11 is 0. The van der Waals surface area contributed by atoms with E-state index in [9.17, 15) is 9.59 Å². The Morgan fingerprint density at radius 1 is 1.28 bits per heavy atom. The maximum Gasteiger partial charge on any atom is 0.276 e. The Kier molecular flexibility index (Phi) is 3.19. The molecule has 2 amide bonds. The zero-order valence-corrected chi connectivity index (χ0v) is 13.8. The summed E-state index contributed by atoms with van der Waals surface area (Å²) in [5.74, 6) is 1.35. The van der Waals surface area contributed by atoms with Gasteiger partial charge >= 0.3 is 0 Å². The van der Waals surface area contributed by atoms with Crippen LogP contribution in [0, 0.1) is 0 Å². The molecule has 0 bridgehead atoms. The van der Waals surface area contributed by atoms with Gasteiger partial charge in [-0.05, 0) is 19.3 Å². The van der Waals surface area contributed by atoms with Gasteiger partial charge in [-0.25, -0.2) is 0 Å². The van der Waals surface area contributed by atoms with E-state index < -0.39 is 0 Å². The second-order valence-electron chi connectivity index (χ2n) is 7.08. The molecule has 0 spiro atoms. The number of carbonyl (C=O) groups is 2. The van der Waals surface area contributed by atoms with Crippen LogP contribution < -0.4 is 4.90 Å². The average Bonchev–Trinajstić information content (AvgIpc) is 2.99. The van der Waals surface area contributed by atoms with Crippen LogP contribution in [0.1, 0.15) is 53.9 Å². The number of hydrogen-bond acceptors (Lipinski definition) is 5. The summed E-state index contributed by atoms with van der Waals surface area (Å²) in [6.07, 6.45) is 7.38. The average molecular weight is 341 g/mol. The highest BCUT2D eigenvalue weighted by molar-refractivity contribution is 5.95. The zero-order chi connectivity index (χ0) is 17.0. The van der Waals surface area contributed by atoms with E-state index in [0.717, 1.165) is 37.3 Å². The molecule has 0 unspecified atom stereocenters. The molecular weight excluding hydrogens is 322 g/mol. The van der Waals surface area contributed by atoms with Gasteiger partial charge in [0, 0.05) is 44.2 Å². The maximum atomic E-state index is 12.4. The van der Waals surface area contributed by atoms with E-state index in [4.69, 9.17) is 4.52 Å². The van der Waals surface area contributed by atoms with Crippen molar-refractivity contribution in [2.75, 3.05) is 24.5 Å². The molecule has 2 aromatic rings. The molecular formula is C17H19N5O3. The van der Waals surface area contributed by atoms with Crippen molar-refractivity contribution in [3.8, 4) is 0 Å². The fourth-order valence-corrected chi connectivity index (χ4v) is 3.49. The summed E-state index contributed by atoms with van der Waals surface area (Å²) in [5.41, 5.74) is 1.24. The summed E-state index contributed by atoms with van der Waals surface area (Å²) in [4.78, 5) is 27.8. The van der Waals surface area contributed by atoms with Crippen LogP contribution in [0.25, 0.3) is 0 Å². The van der Waals surface area contributed by atoms with Gasteiger partial charge < -0.3 is 14.3 Å². The van der Waals surface area contributed by atoms with Crippen LogP contribution in [0.2, 0.25) is 0 Å². The standard InChI is InChI=1S/C17H19N5O3/c23-16-2-1-5-21(16)12-7-18-22(10-12)13-8-20(9-13)17(24)14-6-15(25-19-14)11-3-4-11/h6-7,10-11,13H,1-5,8-9H2. The first-order valence-electron chi connectivity index (χ1n) is 8.79. The molecule has 130 valence electrons. The Hall–Kier alpha value is -2.64. The summed E-state index contributed by atoms with van der Waals surface area (Å²) in [7, 11) is 0. The largest absolute Gasteiger partial charge is 0.360 e. The van der Waals surface area contributed by atoms with Crippen molar-refractivity contribution in [3.05, 3.63) is 29.9 Å². The smallest absolute Gasteiger partial charge is 0.276 e. The molecule has 2 aliphatic heterocycles. The highest BCUT2D eigenvalue weighted by Crippen LogP contribution is 2.40. The summed E-state index contributed by atoms with van der Waals surface area (Å²) in [5, 5.41) is 8.28. The third kappa shape index (κ3) is 2.52. The van der Waals surface area contributed by atoms with E-state index in [0.29, 0.717) is 31.1 Å². The van der Waals surface area contributed by atoms with Gasteiger partial charge in [0.05, 0.1) is 17.9 Å². The van der Waals surface area contributed by atoms with E-state index >= 15 is 0 Å². The number of carbonyl (C=O) groups excluding carboxylic acids is 2. The lowest BCUT2D eigenvalue weighted by atomic mass is 10.1. The summed E-state index contributed by atoms with van der Waals surface area (Å²) in [6, 6.07) is 1.92. The third-order valence-corrected chi connectivity index (χ3v) is 5.22. The molecule has 25 heavy (non-hydrogen) atoms. The number of rotatable bonds is 4. The molecule has 2 saturated heterocycles. The Morgan fingerprint density at radius 2 is 2.12 bits per heavy atom. The van der Waals surface area contributed by atoms with Crippen molar-refractivity contribution >= 4 is 17.5 Å². The lowest BCUT2D eigenvalue weighted by Crippen LogP contribution is -2.51. The maximum absolute atomic E-state index is 12.4. The predicted molar refractivity (Wildman–Crippen MR) is 87.2 cm³/mol. The molecule has 4 heterocycles. The van der Waals surface area contributed by atoms with Crippen LogP contribution in [-0.4, -0.2) is 51.3 Å². The van der Waals surface area contributed by atoms with Crippen LogP contribution in [-0.2, 0) is 4.79 Å². The fraction of sp³-hybridized carbons (Fsp3) is 0.529. The highest BCUT2D eigenvalue weighted by Gasteiger charge is 2.36. The second kappa shape index (κ2) is 5.44. The highest BCUT2D eigenvalue weighted by atomic mass is 16.5. The van der Waals surface area contributed by atoms with E-state index in [1.165, 1.54) is 0 Å². The van der Waals surface area contributed by atoms with Crippen molar-refractivity contribution in [1.82, 2.24) is 19.8 Å². The van der Waals surface area contributed by atoms with Crippen LogP contribution in [0.15, 0.2) is 23.0 Å². The van der Waals surface area contributed by atoms with E-state index in [1.807, 2.05) is 10.9 Å². The zero-order valence-electron chi connectivity index (χ0n) is 13.8. The van der Waals surface area contributed by atoms with E-state index in [2.05, 4.69) is 10.3 Å². The first-order valence-corrected chi connectivity index (χ1v) is 8.79. The Balaban J connectivity index is 1.22. The Bertz CT molecular complexity index is 831. The molecule has 0 radical (unpaired) electrons. The predicted octanol–water partition coefficient (Wildman–Crippen LogP) is 1.57. The van der Waals surface area contributed by atoms with Gasteiger partial charge in [0.25, 0.3) is 5.91 Å². The Labute approximate surface area is 144 Å². The topological polar surface area (TPSA) is 84.5 Å². The molecule has 3 aliphatic rings. The molecule has 8 heteroatoms. The molecule has 1 saturated carbocycles. The van der Waals surface area contributed by atoms with Gasteiger partial charge in [0.2, 0.25) is 5.91 Å². The van der Waals surface area contributed by atoms with E-state index in [-0.39, 0.29) is 17.9 Å². The van der Waals surface area contributed by atoms with Crippen LogP contribution in [0.4, 0.5) is 5.69 Å². The minimum Gasteiger partial charge on any atom is -0.360 e. The number of amides is 2. The molecule has 3 fully saturated rings. The number of aromatic nitrogens is 3. The van der Waals surface area contributed by atoms with Crippen LogP contribution in [0.5, 0.6) is 0 Å². The second-order valence-corrected chi connectivity index (χ2v) is 7.08. The van der Waals surface area contributed by atoms with E-state index in [1.54, 1.807) is 22.1 Å². The van der Waals surface area contributed by atoms with Gasteiger partial charge in [0.15, 0.2) is 5.69 Å². The summed E-state index contributed by atoms with van der Waals surface area (Å²) < 4.78 is 7.11. The molecule has 1 aliphatic carbocycles. The third-order valence-electron chi connectivity index (χ3n) is 5.22. The molecule has 5 rings (SSSR count). The monoisotopic (exact) mass is 341 g/mol. The number of likely N-dealkylation sites (tertiary alicyclic amines) is 1. The molecule has 0 aromatic carbocycles. The van der Waals surface area contributed by atoms with Crippen molar-refractivity contribution < 1.29 is 14.1 Å². The minimum atomic E-state index is -0.0889. The van der Waals surface area contributed by atoms with Crippen molar-refractivity contribution in [2.45, 2.75) is 37.6 Å².